The van der Waals surface area contributed by atoms with E-state index in [0.717, 1.165) is 11.1 Å². The van der Waals surface area contributed by atoms with Gasteiger partial charge in [0.25, 0.3) is 0 Å². The molecule has 0 radical (unpaired) electrons. The van der Waals surface area contributed by atoms with Crippen molar-refractivity contribution in [1.29, 1.82) is 0 Å². The molecular formula is C60H40. The van der Waals surface area contributed by atoms with Crippen molar-refractivity contribution >= 4 is 78.2 Å². The first-order valence-corrected chi connectivity index (χ1v) is 20.7. The van der Waals surface area contributed by atoms with E-state index in [2.05, 4.69) is 243 Å². The van der Waals surface area contributed by atoms with Crippen molar-refractivity contribution < 1.29 is 0 Å². The average molecular weight is 761 g/mol. The first-order chi connectivity index (χ1) is 29.7. The Morgan fingerprint density at radius 3 is 1.35 bits per heavy atom. The smallest absolute Gasteiger partial charge is 0.00141 e. The molecule has 11 rings (SSSR count). The summed E-state index contributed by atoms with van der Waals surface area (Å²) >= 11 is 0. The summed E-state index contributed by atoms with van der Waals surface area (Å²) in [5.74, 6) is 0. The summed E-state index contributed by atoms with van der Waals surface area (Å²) in [6.45, 7) is 0. The molecule has 0 aliphatic rings. The maximum Gasteiger partial charge on any atom is -0.00141 e. The molecule has 11 aromatic rings. The van der Waals surface area contributed by atoms with E-state index in [0.29, 0.717) is 0 Å². The largest absolute Gasteiger partial charge is 0.0616 e. The monoisotopic (exact) mass is 760 g/mol. The minimum atomic E-state index is 1.16. The number of hydrogen-bond donors (Lipinski definition) is 0. The number of rotatable bonds is 7. The van der Waals surface area contributed by atoms with Gasteiger partial charge in [-0.2, -0.15) is 0 Å². The SMILES string of the molecule is C(=Cc1cccc2ccccc12)c1cccc(-c2c3ccccc3c(-c3cccc(C=Cc4cccc5ccccc45)c3)c3c(-c4ccc5ccccc5c4)cccc23)c1. The molecule has 0 atom stereocenters. The van der Waals surface area contributed by atoms with E-state index >= 15 is 0 Å². The van der Waals surface area contributed by atoms with E-state index in [1.807, 2.05) is 0 Å². The van der Waals surface area contributed by atoms with Gasteiger partial charge in [-0.1, -0.05) is 224 Å². The van der Waals surface area contributed by atoms with Crippen LogP contribution in [0.25, 0.3) is 112 Å². The van der Waals surface area contributed by atoms with Gasteiger partial charge < -0.3 is 0 Å². The van der Waals surface area contributed by atoms with Crippen LogP contribution in [-0.4, -0.2) is 0 Å². The summed E-state index contributed by atoms with van der Waals surface area (Å²) in [4.78, 5) is 0. The lowest BCUT2D eigenvalue weighted by Gasteiger charge is -2.21. The van der Waals surface area contributed by atoms with E-state index in [4.69, 9.17) is 0 Å². The molecular weight excluding hydrogens is 721 g/mol. The van der Waals surface area contributed by atoms with Crippen molar-refractivity contribution in [2.24, 2.45) is 0 Å². The Labute approximate surface area is 350 Å². The third kappa shape index (κ3) is 6.46. The van der Waals surface area contributed by atoms with Gasteiger partial charge in [0.2, 0.25) is 0 Å². The van der Waals surface area contributed by atoms with Crippen LogP contribution >= 0.6 is 0 Å². The minimum Gasteiger partial charge on any atom is -0.0616 e. The summed E-state index contributed by atoms with van der Waals surface area (Å²) in [6.07, 6.45) is 9.01. The second-order valence-corrected chi connectivity index (χ2v) is 15.6. The van der Waals surface area contributed by atoms with Gasteiger partial charge in [-0.3, -0.25) is 0 Å². The lowest BCUT2D eigenvalue weighted by Crippen LogP contribution is -1.94. The molecule has 0 spiro atoms. The Kier molecular flexibility index (Phi) is 8.95. The first-order valence-electron chi connectivity index (χ1n) is 20.7. The van der Waals surface area contributed by atoms with Crippen LogP contribution in [0.3, 0.4) is 0 Å². The molecule has 0 saturated carbocycles. The molecule has 11 aromatic carbocycles. The van der Waals surface area contributed by atoms with Crippen LogP contribution in [-0.2, 0) is 0 Å². The first kappa shape index (κ1) is 35.4. The molecule has 0 N–H and O–H groups in total. The van der Waals surface area contributed by atoms with Gasteiger partial charge in [0.05, 0.1) is 0 Å². The number of hydrogen-bond acceptors (Lipinski definition) is 0. The fourth-order valence-electron chi connectivity index (χ4n) is 9.20. The van der Waals surface area contributed by atoms with E-state index in [1.165, 1.54) is 98.4 Å². The Morgan fingerprint density at radius 2 is 0.717 bits per heavy atom. The van der Waals surface area contributed by atoms with Crippen molar-refractivity contribution in [3.63, 3.8) is 0 Å². The standard InChI is InChI=1S/C60H40/c1-2-19-48-40-49(37-36-43(48)16-1)54-30-13-31-57-58(50-24-9-14-41(38-50)32-34-46-22-11-20-44-17-3-5-26-52(44)46)55-28-7-8-29-56(55)59(60(54)57)51-25-10-15-42(39-51)33-35-47-23-12-21-45-18-4-6-27-53(45)47/h1-40H. The van der Waals surface area contributed by atoms with E-state index in [-0.39, 0.29) is 0 Å². The second kappa shape index (κ2) is 15.2. The fourth-order valence-corrected chi connectivity index (χ4v) is 9.20. The van der Waals surface area contributed by atoms with Gasteiger partial charge in [0, 0.05) is 0 Å². The Balaban J connectivity index is 1.12. The summed E-state index contributed by atoms with van der Waals surface area (Å²) in [5.41, 5.74) is 12.1. The third-order valence-corrected chi connectivity index (χ3v) is 12.0. The predicted octanol–water partition coefficient (Wildman–Crippen LogP) is 16.8. The summed E-state index contributed by atoms with van der Waals surface area (Å²) in [6, 6.07) is 79.8. The molecule has 60 heavy (non-hydrogen) atoms. The molecule has 280 valence electrons. The number of fused-ring (bicyclic) bond motifs is 5. The molecule has 0 aliphatic carbocycles. The molecule has 0 aliphatic heterocycles. The molecule has 0 heterocycles. The normalized spacial score (nSPS) is 11.9. The van der Waals surface area contributed by atoms with Crippen LogP contribution < -0.4 is 0 Å². The summed E-state index contributed by atoms with van der Waals surface area (Å²) in [7, 11) is 0. The average Bonchev–Trinajstić information content (AvgIpc) is 3.31. The highest BCUT2D eigenvalue weighted by atomic mass is 14.2. The van der Waals surface area contributed by atoms with Gasteiger partial charge in [-0.15, -0.1) is 0 Å². The summed E-state index contributed by atoms with van der Waals surface area (Å²) in [5, 5.41) is 12.5. The van der Waals surface area contributed by atoms with Crippen molar-refractivity contribution in [2.75, 3.05) is 0 Å². The molecule has 0 nitrogen and oxygen atoms in total. The quantitative estimate of drug-likeness (QED) is 0.112. The highest BCUT2D eigenvalue weighted by Gasteiger charge is 2.20. The van der Waals surface area contributed by atoms with E-state index in [9.17, 15) is 0 Å². The van der Waals surface area contributed by atoms with Gasteiger partial charge >= 0.3 is 0 Å². The Morgan fingerprint density at radius 1 is 0.250 bits per heavy atom. The maximum absolute atomic E-state index is 2.36. The van der Waals surface area contributed by atoms with Crippen molar-refractivity contribution in [3.8, 4) is 33.4 Å². The highest BCUT2D eigenvalue weighted by molar-refractivity contribution is 6.25. The topological polar surface area (TPSA) is 0 Å². The zero-order valence-corrected chi connectivity index (χ0v) is 33.1. The fraction of sp³-hybridized carbons (Fsp3) is 0. The summed E-state index contributed by atoms with van der Waals surface area (Å²) < 4.78 is 0. The van der Waals surface area contributed by atoms with Crippen LogP contribution in [0.1, 0.15) is 22.3 Å². The molecule has 0 aromatic heterocycles. The lowest BCUT2D eigenvalue weighted by atomic mass is 9.82. The maximum atomic E-state index is 2.36. The Bertz CT molecular complexity index is 3480. The molecule has 0 heteroatoms. The van der Waals surface area contributed by atoms with Crippen LogP contribution in [0.5, 0.6) is 0 Å². The van der Waals surface area contributed by atoms with Crippen molar-refractivity contribution in [3.05, 3.63) is 241 Å². The van der Waals surface area contributed by atoms with Crippen molar-refractivity contribution in [2.45, 2.75) is 0 Å². The van der Waals surface area contributed by atoms with Crippen LogP contribution in [0.4, 0.5) is 0 Å². The van der Waals surface area contributed by atoms with Crippen molar-refractivity contribution in [1.82, 2.24) is 0 Å². The van der Waals surface area contributed by atoms with Gasteiger partial charge in [-0.05, 0) is 128 Å². The van der Waals surface area contributed by atoms with Crippen LogP contribution in [0, 0.1) is 0 Å². The molecule has 0 amide bonds. The molecule has 0 unspecified atom stereocenters. The second-order valence-electron chi connectivity index (χ2n) is 15.6. The predicted molar refractivity (Wildman–Crippen MR) is 261 cm³/mol. The van der Waals surface area contributed by atoms with Gasteiger partial charge in [0.1, 0.15) is 0 Å². The van der Waals surface area contributed by atoms with E-state index in [1.54, 1.807) is 0 Å². The zero-order valence-electron chi connectivity index (χ0n) is 33.1. The minimum absolute atomic E-state index is 1.16. The molecule has 0 fully saturated rings. The Hall–Kier alpha value is -7.80. The highest BCUT2D eigenvalue weighted by Crippen LogP contribution is 2.47. The third-order valence-electron chi connectivity index (χ3n) is 12.0. The van der Waals surface area contributed by atoms with Gasteiger partial charge in [-0.25, -0.2) is 0 Å². The van der Waals surface area contributed by atoms with E-state index < -0.39 is 0 Å². The van der Waals surface area contributed by atoms with Crippen LogP contribution in [0.15, 0.2) is 218 Å². The lowest BCUT2D eigenvalue weighted by molar-refractivity contribution is 1.61. The van der Waals surface area contributed by atoms with Gasteiger partial charge in [0.15, 0.2) is 0 Å². The number of benzene rings is 11. The molecule has 0 bridgehead atoms. The molecule has 0 saturated heterocycles. The van der Waals surface area contributed by atoms with Crippen LogP contribution in [0.2, 0.25) is 0 Å². The zero-order chi connectivity index (χ0) is 39.8.